The van der Waals surface area contributed by atoms with E-state index in [1.54, 1.807) is 29.7 Å². The van der Waals surface area contributed by atoms with Crippen LogP contribution in [0.5, 0.6) is 0 Å². The molecule has 0 aliphatic carbocycles. The van der Waals surface area contributed by atoms with Gasteiger partial charge in [0.1, 0.15) is 22.9 Å². The largest absolute Gasteiger partial charge is 0.433 e. The molecule has 3 rings (SSSR count). The van der Waals surface area contributed by atoms with Crippen molar-refractivity contribution in [3.8, 4) is 0 Å². The number of nitrogens with one attached hydrogen (secondary N) is 1. The average Bonchev–Trinajstić information content (AvgIpc) is 2.89. The zero-order valence-corrected chi connectivity index (χ0v) is 14.1. The van der Waals surface area contributed by atoms with Gasteiger partial charge < -0.3 is 5.32 Å². The second-order valence-corrected chi connectivity index (χ2v) is 5.79. The van der Waals surface area contributed by atoms with Gasteiger partial charge in [-0.1, -0.05) is 6.07 Å². The van der Waals surface area contributed by atoms with Crippen molar-refractivity contribution in [3.63, 3.8) is 0 Å². The molecule has 3 heterocycles. The summed E-state index contributed by atoms with van der Waals surface area (Å²) in [6, 6.07) is 6.27. The molecule has 0 fully saturated rings. The summed E-state index contributed by atoms with van der Waals surface area (Å²) in [4.78, 5) is 24.3. The molecule has 136 valence electrons. The van der Waals surface area contributed by atoms with E-state index in [0.29, 0.717) is 17.0 Å². The summed E-state index contributed by atoms with van der Waals surface area (Å²) in [7, 11) is 0. The van der Waals surface area contributed by atoms with E-state index in [0.717, 1.165) is 6.07 Å². The van der Waals surface area contributed by atoms with Crippen LogP contribution in [0.2, 0.25) is 0 Å². The first-order valence-electron chi connectivity index (χ1n) is 7.89. The number of amides is 1. The summed E-state index contributed by atoms with van der Waals surface area (Å²) in [6.45, 7) is 3.31. The number of pyridine rings is 1. The first kappa shape index (κ1) is 17.8. The average molecular weight is 363 g/mol. The van der Waals surface area contributed by atoms with E-state index in [4.69, 9.17) is 0 Å². The van der Waals surface area contributed by atoms with Gasteiger partial charge in [-0.3, -0.25) is 9.20 Å². The van der Waals surface area contributed by atoms with E-state index in [2.05, 4.69) is 20.3 Å². The Morgan fingerprint density at radius 3 is 2.69 bits per heavy atom. The van der Waals surface area contributed by atoms with Gasteiger partial charge in [0, 0.05) is 24.9 Å². The van der Waals surface area contributed by atoms with Gasteiger partial charge in [0.15, 0.2) is 0 Å². The highest BCUT2D eigenvalue weighted by atomic mass is 19.4. The minimum absolute atomic E-state index is 0.0347. The SMILES string of the molecule is Cc1cc(C(F)(F)F)nc(CCNC(=O)c2c(C)nc3ccccn23)n1. The molecule has 0 bridgehead atoms. The lowest BCUT2D eigenvalue weighted by Gasteiger charge is -2.09. The van der Waals surface area contributed by atoms with Crippen molar-refractivity contribution in [3.05, 3.63) is 59.1 Å². The summed E-state index contributed by atoms with van der Waals surface area (Å²) in [5.41, 5.74) is 0.851. The van der Waals surface area contributed by atoms with Crippen molar-refractivity contribution < 1.29 is 18.0 Å². The highest BCUT2D eigenvalue weighted by Gasteiger charge is 2.33. The quantitative estimate of drug-likeness (QED) is 0.774. The summed E-state index contributed by atoms with van der Waals surface area (Å²) in [6.07, 6.45) is -2.71. The first-order chi connectivity index (χ1) is 12.3. The molecule has 0 saturated carbocycles. The van der Waals surface area contributed by atoms with Crippen LogP contribution in [0.4, 0.5) is 13.2 Å². The van der Waals surface area contributed by atoms with Gasteiger partial charge in [-0.2, -0.15) is 13.2 Å². The van der Waals surface area contributed by atoms with Gasteiger partial charge in [-0.05, 0) is 32.0 Å². The number of fused-ring (bicyclic) bond motifs is 1. The van der Waals surface area contributed by atoms with E-state index in [9.17, 15) is 18.0 Å². The van der Waals surface area contributed by atoms with Gasteiger partial charge in [-0.15, -0.1) is 0 Å². The fourth-order valence-corrected chi connectivity index (χ4v) is 2.65. The lowest BCUT2D eigenvalue weighted by atomic mass is 10.3. The molecule has 3 aromatic rings. The third kappa shape index (κ3) is 3.66. The summed E-state index contributed by atoms with van der Waals surface area (Å²) in [5.74, 6) is -0.322. The fourth-order valence-electron chi connectivity index (χ4n) is 2.65. The Morgan fingerprint density at radius 1 is 1.19 bits per heavy atom. The molecule has 0 aromatic carbocycles. The highest BCUT2D eigenvalue weighted by molar-refractivity contribution is 5.94. The summed E-state index contributed by atoms with van der Waals surface area (Å²) in [5, 5.41) is 2.68. The van der Waals surface area contributed by atoms with Crippen molar-refractivity contribution in [1.29, 1.82) is 0 Å². The van der Waals surface area contributed by atoms with Crippen LogP contribution in [0.15, 0.2) is 30.5 Å². The molecule has 6 nitrogen and oxygen atoms in total. The van der Waals surface area contributed by atoms with Gasteiger partial charge in [-0.25, -0.2) is 15.0 Å². The fraction of sp³-hybridized carbons (Fsp3) is 0.294. The highest BCUT2D eigenvalue weighted by Crippen LogP contribution is 2.27. The number of aromatic nitrogens is 4. The molecule has 1 amide bonds. The van der Waals surface area contributed by atoms with Crippen LogP contribution < -0.4 is 5.32 Å². The molecule has 0 unspecified atom stereocenters. The Bertz CT molecular complexity index is 965. The van der Waals surface area contributed by atoms with E-state index < -0.39 is 11.9 Å². The Morgan fingerprint density at radius 2 is 1.96 bits per heavy atom. The number of carbonyl (C=O) groups is 1. The molecular formula is C17H16F3N5O. The number of rotatable bonds is 4. The number of imidazole rings is 1. The summed E-state index contributed by atoms with van der Waals surface area (Å²) < 4.78 is 40.1. The Labute approximate surface area is 147 Å². The summed E-state index contributed by atoms with van der Waals surface area (Å²) >= 11 is 0. The molecule has 9 heteroatoms. The Balaban J connectivity index is 1.71. The second-order valence-electron chi connectivity index (χ2n) is 5.79. The standard InChI is InChI=1S/C17H16F3N5O/c1-10-9-12(17(18,19)20)24-13(22-10)6-7-21-16(26)15-11(2)23-14-5-3-4-8-25(14)15/h3-5,8-9H,6-7H2,1-2H3,(H,21,26). The topological polar surface area (TPSA) is 72.2 Å². The maximum absolute atomic E-state index is 12.8. The number of carbonyl (C=O) groups excluding carboxylic acids is 1. The van der Waals surface area contributed by atoms with Gasteiger partial charge >= 0.3 is 6.18 Å². The lowest BCUT2D eigenvalue weighted by Crippen LogP contribution is -2.28. The predicted molar refractivity (Wildman–Crippen MR) is 87.7 cm³/mol. The van der Waals surface area contributed by atoms with Crippen molar-refractivity contribution in [2.75, 3.05) is 6.54 Å². The number of alkyl halides is 3. The molecule has 0 spiro atoms. The smallest absolute Gasteiger partial charge is 0.350 e. The molecule has 0 atom stereocenters. The van der Waals surface area contributed by atoms with Crippen LogP contribution >= 0.6 is 0 Å². The Hall–Kier alpha value is -2.97. The van der Waals surface area contributed by atoms with Gasteiger partial charge in [0.2, 0.25) is 0 Å². The molecule has 0 radical (unpaired) electrons. The molecular weight excluding hydrogens is 347 g/mol. The van der Waals surface area contributed by atoms with Crippen molar-refractivity contribution in [2.24, 2.45) is 0 Å². The van der Waals surface area contributed by atoms with Crippen LogP contribution in [0, 0.1) is 13.8 Å². The lowest BCUT2D eigenvalue weighted by molar-refractivity contribution is -0.141. The van der Waals surface area contributed by atoms with Crippen LogP contribution in [0.1, 0.15) is 33.4 Å². The second kappa shape index (κ2) is 6.74. The minimum atomic E-state index is -4.53. The zero-order valence-electron chi connectivity index (χ0n) is 14.1. The third-order valence-electron chi connectivity index (χ3n) is 3.74. The van der Waals surface area contributed by atoms with E-state index in [1.165, 1.54) is 6.92 Å². The number of nitrogens with zero attached hydrogens (tertiary/aromatic N) is 4. The minimum Gasteiger partial charge on any atom is -0.350 e. The predicted octanol–water partition coefficient (Wildman–Crippen LogP) is 2.73. The molecule has 1 N–H and O–H groups in total. The molecule has 3 aromatic heterocycles. The van der Waals surface area contributed by atoms with E-state index in [-0.39, 0.29) is 30.4 Å². The molecule has 0 aliphatic rings. The molecule has 26 heavy (non-hydrogen) atoms. The number of hydrogen-bond donors (Lipinski definition) is 1. The third-order valence-corrected chi connectivity index (χ3v) is 3.74. The first-order valence-corrected chi connectivity index (χ1v) is 7.89. The number of halogens is 3. The maximum Gasteiger partial charge on any atom is 0.433 e. The normalized spacial score (nSPS) is 11.7. The van der Waals surface area contributed by atoms with Crippen molar-refractivity contribution >= 4 is 11.6 Å². The molecule has 0 aliphatic heterocycles. The van der Waals surface area contributed by atoms with Crippen LogP contribution in [-0.4, -0.2) is 31.8 Å². The van der Waals surface area contributed by atoms with Crippen molar-refractivity contribution in [1.82, 2.24) is 24.7 Å². The number of aryl methyl sites for hydroxylation is 2. The molecule has 0 saturated heterocycles. The van der Waals surface area contributed by atoms with Crippen LogP contribution in [-0.2, 0) is 12.6 Å². The van der Waals surface area contributed by atoms with E-state index >= 15 is 0 Å². The van der Waals surface area contributed by atoms with Crippen LogP contribution in [0.25, 0.3) is 5.65 Å². The Kier molecular flexibility index (Phi) is 4.62. The maximum atomic E-state index is 12.8. The zero-order chi connectivity index (χ0) is 18.9. The monoisotopic (exact) mass is 363 g/mol. The van der Waals surface area contributed by atoms with Crippen LogP contribution in [0.3, 0.4) is 0 Å². The van der Waals surface area contributed by atoms with Gasteiger partial charge in [0.25, 0.3) is 5.91 Å². The van der Waals surface area contributed by atoms with E-state index in [1.807, 2.05) is 6.07 Å². The van der Waals surface area contributed by atoms with Crippen molar-refractivity contribution in [2.45, 2.75) is 26.4 Å². The number of hydrogen-bond acceptors (Lipinski definition) is 4. The van der Waals surface area contributed by atoms with Gasteiger partial charge in [0.05, 0.1) is 5.69 Å².